The van der Waals surface area contributed by atoms with Crippen LogP contribution < -0.4 is 26.3 Å². The van der Waals surface area contributed by atoms with Crippen LogP contribution >= 0.6 is 0 Å². The second kappa shape index (κ2) is 15.1. The molecule has 3 aromatic carbocycles. The van der Waals surface area contributed by atoms with Gasteiger partial charge >= 0.3 is 5.97 Å². The minimum atomic E-state index is -1.06. The number of piperidine rings is 1. The molecule has 4 aromatic rings. The predicted octanol–water partition coefficient (Wildman–Crippen LogP) is 3.91. The third kappa shape index (κ3) is 7.24. The summed E-state index contributed by atoms with van der Waals surface area (Å²) in [7, 11) is 0. The SMILES string of the molecule is Cc1cc([C@@H](C)Nc2ccccc2C(=O)O)c2oc(N3CCN(C(=O)CCCNc4cccc5c4C(=O)N(C4CCC(=O)NC4=O)C5=O)CC3)cc(=O)c2c1. The first-order valence-corrected chi connectivity index (χ1v) is 18.2. The largest absolute Gasteiger partial charge is 0.478 e. The summed E-state index contributed by atoms with van der Waals surface area (Å²) in [6.07, 6.45) is 0.787. The van der Waals surface area contributed by atoms with Crippen LogP contribution in [0.1, 0.15) is 80.8 Å². The first-order chi connectivity index (χ1) is 26.4. The molecule has 0 radical (unpaired) electrons. The number of nitrogens with one attached hydrogen (secondary N) is 3. The van der Waals surface area contributed by atoms with E-state index in [0.29, 0.717) is 72.9 Å². The highest BCUT2D eigenvalue weighted by Crippen LogP contribution is 2.33. The van der Waals surface area contributed by atoms with Gasteiger partial charge in [0.2, 0.25) is 17.7 Å². The molecule has 0 saturated carbocycles. The van der Waals surface area contributed by atoms with E-state index in [1.807, 2.05) is 24.8 Å². The summed E-state index contributed by atoms with van der Waals surface area (Å²) in [4.78, 5) is 93.5. The van der Waals surface area contributed by atoms with Crippen molar-refractivity contribution in [2.24, 2.45) is 0 Å². The van der Waals surface area contributed by atoms with Crippen LogP contribution in [-0.4, -0.2) is 89.2 Å². The van der Waals surface area contributed by atoms with E-state index in [2.05, 4.69) is 16.0 Å². The van der Waals surface area contributed by atoms with E-state index in [0.717, 1.165) is 10.5 Å². The Hall–Kier alpha value is -6.51. The van der Waals surface area contributed by atoms with E-state index in [1.54, 1.807) is 41.3 Å². The van der Waals surface area contributed by atoms with Crippen LogP contribution in [0.3, 0.4) is 0 Å². The van der Waals surface area contributed by atoms with Gasteiger partial charge in [-0.3, -0.25) is 39.0 Å². The molecule has 55 heavy (non-hydrogen) atoms. The van der Waals surface area contributed by atoms with Crippen molar-refractivity contribution in [3.63, 3.8) is 0 Å². The van der Waals surface area contributed by atoms with E-state index in [-0.39, 0.29) is 47.3 Å². The highest BCUT2D eigenvalue weighted by molar-refractivity contribution is 6.25. The molecule has 0 spiro atoms. The number of imide groups is 2. The van der Waals surface area contributed by atoms with Crippen LogP contribution in [0.4, 0.5) is 17.3 Å². The van der Waals surface area contributed by atoms with Crippen molar-refractivity contribution in [2.45, 2.75) is 51.6 Å². The zero-order chi connectivity index (χ0) is 39.0. The van der Waals surface area contributed by atoms with Gasteiger partial charge in [0.15, 0.2) is 11.3 Å². The number of benzene rings is 3. The third-order valence-corrected chi connectivity index (χ3v) is 10.3. The lowest BCUT2D eigenvalue weighted by Crippen LogP contribution is -2.54. The molecule has 2 saturated heterocycles. The normalized spacial score (nSPS) is 17.6. The Morgan fingerprint density at radius 2 is 1.69 bits per heavy atom. The molecule has 15 heteroatoms. The van der Waals surface area contributed by atoms with Crippen LogP contribution in [0.2, 0.25) is 0 Å². The van der Waals surface area contributed by atoms with E-state index in [9.17, 15) is 38.7 Å². The fourth-order valence-corrected chi connectivity index (χ4v) is 7.47. The summed E-state index contributed by atoms with van der Waals surface area (Å²) in [6.45, 7) is 5.82. The molecule has 4 heterocycles. The number of aryl methyl sites for hydroxylation is 1. The number of carboxylic acid groups (broad SMARTS) is 1. The average Bonchev–Trinajstić information content (AvgIpc) is 3.42. The number of rotatable bonds is 11. The van der Waals surface area contributed by atoms with E-state index in [1.165, 1.54) is 18.2 Å². The Kier molecular flexibility index (Phi) is 10.1. The number of carbonyl (C=O) groups excluding carboxylic acids is 5. The zero-order valence-corrected chi connectivity index (χ0v) is 30.3. The van der Waals surface area contributed by atoms with Crippen LogP contribution in [0, 0.1) is 6.92 Å². The standard InChI is InChI=1S/C40H40N6O9/c1-22-19-26(23(2)42-28-9-4-3-7-24(28)40(53)54)36-27(20-22)31(47)21-34(55-36)45-17-15-44(16-18-45)33(49)11-6-14-41-29-10-5-8-25-35(29)39(52)46(38(25)51)30-12-13-32(48)43-37(30)50/h3-5,7-10,19-21,23,30,41-42H,6,11-18H2,1-2H3,(H,53,54)(H,43,48,50)/t23-,30?/m1/s1. The first kappa shape index (κ1) is 36.8. The summed E-state index contributed by atoms with van der Waals surface area (Å²) in [5.41, 5.74) is 3.11. The minimum absolute atomic E-state index is 0.0324. The second-order valence-electron chi connectivity index (χ2n) is 14.0. The fraction of sp³-hybridized carbons (Fsp3) is 0.325. The molecule has 3 aliphatic rings. The molecule has 7 rings (SSSR count). The molecular weight excluding hydrogens is 708 g/mol. The molecule has 1 unspecified atom stereocenters. The van der Waals surface area contributed by atoms with E-state index >= 15 is 0 Å². The number of fused-ring (bicyclic) bond motifs is 2. The number of nitrogens with zero attached hydrogens (tertiary/aromatic N) is 3. The van der Waals surface area contributed by atoms with Crippen molar-refractivity contribution in [1.29, 1.82) is 0 Å². The van der Waals surface area contributed by atoms with Crippen molar-refractivity contribution < 1.29 is 38.3 Å². The maximum Gasteiger partial charge on any atom is 0.337 e. The molecule has 2 atom stereocenters. The van der Waals surface area contributed by atoms with Gasteiger partial charge in [-0.1, -0.05) is 24.3 Å². The van der Waals surface area contributed by atoms with Gasteiger partial charge in [-0.05, 0) is 62.6 Å². The van der Waals surface area contributed by atoms with Crippen LogP contribution in [0.15, 0.2) is 69.9 Å². The smallest absolute Gasteiger partial charge is 0.337 e. The maximum absolute atomic E-state index is 13.4. The molecule has 284 valence electrons. The van der Waals surface area contributed by atoms with Crippen molar-refractivity contribution in [2.75, 3.05) is 48.3 Å². The van der Waals surface area contributed by atoms with Gasteiger partial charge in [0.05, 0.1) is 28.1 Å². The highest BCUT2D eigenvalue weighted by atomic mass is 16.4. The summed E-state index contributed by atoms with van der Waals surface area (Å²) < 4.78 is 6.40. The van der Waals surface area contributed by atoms with Gasteiger partial charge in [0.25, 0.3) is 11.8 Å². The molecule has 0 bridgehead atoms. The van der Waals surface area contributed by atoms with Crippen LogP contribution in [0.5, 0.6) is 0 Å². The first-order valence-electron chi connectivity index (χ1n) is 18.2. The number of amides is 5. The van der Waals surface area contributed by atoms with Crippen molar-refractivity contribution in [1.82, 2.24) is 15.1 Å². The maximum atomic E-state index is 13.4. The Labute approximate surface area is 315 Å². The van der Waals surface area contributed by atoms with E-state index < -0.39 is 41.7 Å². The molecule has 15 nitrogen and oxygen atoms in total. The van der Waals surface area contributed by atoms with Crippen molar-refractivity contribution in [3.8, 4) is 0 Å². The quantitative estimate of drug-likeness (QED) is 0.128. The lowest BCUT2D eigenvalue weighted by atomic mass is 10.0. The monoisotopic (exact) mass is 748 g/mol. The lowest BCUT2D eigenvalue weighted by molar-refractivity contribution is -0.136. The molecule has 2 fully saturated rings. The average molecular weight is 749 g/mol. The van der Waals surface area contributed by atoms with Gasteiger partial charge in [0, 0.05) is 68.6 Å². The Balaban J connectivity index is 0.958. The third-order valence-electron chi connectivity index (χ3n) is 10.3. The zero-order valence-electron chi connectivity index (χ0n) is 30.3. The molecule has 4 N–H and O–H groups in total. The number of para-hydroxylation sites is 1. The molecule has 0 aliphatic carbocycles. The molecular formula is C40H40N6O9. The Morgan fingerprint density at radius 1 is 0.945 bits per heavy atom. The Morgan fingerprint density at radius 3 is 2.44 bits per heavy atom. The summed E-state index contributed by atoms with van der Waals surface area (Å²) >= 11 is 0. The summed E-state index contributed by atoms with van der Waals surface area (Å²) in [5, 5.41) is 18.7. The molecule has 5 amide bonds. The van der Waals surface area contributed by atoms with Crippen LogP contribution in [-0.2, 0) is 14.4 Å². The van der Waals surface area contributed by atoms with Gasteiger partial charge in [-0.2, -0.15) is 0 Å². The predicted molar refractivity (Wildman–Crippen MR) is 202 cm³/mol. The number of carbonyl (C=O) groups is 6. The van der Waals surface area contributed by atoms with E-state index in [4.69, 9.17) is 4.42 Å². The van der Waals surface area contributed by atoms with Gasteiger partial charge < -0.3 is 30.0 Å². The fourth-order valence-electron chi connectivity index (χ4n) is 7.47. The molecule has 3 aliphatic heterocycles. The highest BCUT2D eigenvalue weighted by Gasteiger charge is 2.45. The number of aromatic carboxylic acids is 1. The van der Waals surface area contributed by atoms with Crippen molar-refractivity contribution in [3.05, 3.63) is 98.7 Å². The summed E-state index contributed by atoms with van der Waals surface area (Å²) in [5.74, 6) is -3.02. The molecule has 1 aromatic heterocycles. The van der Waals surface area contributed by atoms with Gasteiger partial charge in [0.1, 0.15) is 11.6 Å². The summed E-state index contributed by atoms with van der Waals surface area (Å²) in [6, 6.07) is 15.2. The number of anilines is 3. The van der Waals surface area contributed by atoms with Crippen LogP contribution in [0.25, 0.3) is 11.0 Å². The number of piperazine rings is 1. The van der Waals surface area contributed by atoms with Gasteiger partial charge in [-0.15, -0.1) is 0 Å². The minimum Gasteiger partial charge on any atom is -0.478 e. The number of carboxylic acids is 1. The number of hydrogen-bond acceptors (Lipinski definition) is 11. The van der Waals surface area contributed by atoms with Crippen molar-refractivity contribution >= 4 is 63.7 Å². The second-order valence-corrected chi connectivity index (χ2v) is 14.0. The number of hydrogen-bond donors (Lipinski definition) is 4. The lowest BCUT2D eigenvalue weighted by Gasteiger charge is -2.35. The van der Waals surface area contributed by atoms with Gasteiger partial charge in [-0.25, -0.2) is 4.79 Å². The Bertz CT molecular complexity index is 2310. The topological polar surface area (TPSA) is 199 Å².